The molecule has 0 aromatic heterocycles. The summed E-state index contributed by atoms with van der Waals surface area (Å²) in [5.74, 6) is 0.668. The summed E-state index contributed by atoms with van der Waals surface area (Å²) in [5.41, 5.74) is -1.17. The van der Waals surface area contributed by atoms with E-state index in [1.807, 2.05) is 24.3 Å². The van der Waals surface area contributed by atoms with Crippen molar-refractivity contribution in [2.24, 2.45) is 5.41 Å². The molecule has 0 spiro atoms. The summed E-state index contributed by atoms with van der Waals surface area (Å²) in [6, 6.07) is 20.7. The molecule has 0 atom stereocenters. The maximum absolute atomic E-state index is 15.4. The van der Waals surface area contributed by atoms with Gasteiger partial charge in [0.1, 0.15) is 77.8 Å². The average Bonchev–Trinajstić information content (AvgIpc) is 0.817. The number of hydrogen-bond donors (Lipinski definition) is 0. The second kappa shape index (κ2) is 80.8. The first-order valence-corrected chi connectivity index (χ1v) is 53.7. The van der Waals surface area contributed by atoms with Crippen molar-refractivity contribution in [3.05, 3.63) is 95.1 Å². The molecule has 0 saturated carbocycles. The highest BCUT2D eigenvalue weighted by molar-refractivity contribution is 5.92. The van der Waals surface area contributed by atoms with Crippen molar-refractivity contribution in [2.75, 3.05) is 79.3 Å². The zero-order chi connectivity index (χ0) is 92.4. The Bertz CT molecular complexity index is 2750. The number of rotatable bonds is 92. The van der Waals surface area contributed by atoms with Crippen molar-refractivity contribution in [3.63, 3.8) is 0 Å². The fourth-order valence-electron chi connectivity index (χ4n) is 16.3. The molecule has 4 rings (SSSR count). The van der Waals surface area contributed by atoms with E-state index in [1.54, 1.807) is 48.5 Å². The monoisotopic (exact) mass is 1800 g/mol. The highest BCUT2D eigenvalue weighted by atomic mass is 16.6. The first-order chi connectivity index (χ1) is 63.4. The first kappa shape index (κ1) is 114. The number of benzene rings is 4. The molecule has 0 heterocycles. The molecule has 0 aliphatic carbocycles. The molecule has 0 saturated heterocycles. The first-order valence-electron chi connectivity index (χ1n) is 53.7. The predicted molar refractivity (Wildman–Crippen MR) is 534 cm³/mol. The lowest BCUT2D eigenvalue weighted by atomic mass is 9.92. The van der Waals surface area contributed by atoms with Crippen molar-refractivity contribution in [3.8, 4) is 46.0 Å². The number of esters is 4. The van der Waals surface area contributed by atoms with Gasteiger partial charge in [-0.05, 0) is 99.9 Å². The largest absolute Gasteiger partial charge is 0.493 e. The van der Waals surface area contributed by atoms with Crippen LogP contribution in [0.2, 0.25) is 0 Å². The maximum atomic E-state index is 15.4. The second-order valence-corrected chi connectivity index (χ2v) is 37.2. The third-order valence-corrected chi connectivity index (χ3v) is 24.6. The van der Waals surface area contributed by atoms with Crippen LogP contribution in [0.5, 0.6) is 46.0 Å². The van der Waals surface area contributed by atoms with Gasteiger partial charge in [0, 0.05) is 24.3 Å². The SMILES string of the molecule is CCCCCCCCCCOc1cc(OCCCCCCCCCC)cc(C(=O)OCC(COC(=O)c2cc(OCCCCCCCCCC)cc(OCCCCCCCCCC)c2)(COC(=O)c2cc(OCCCCCCCCCC)cc(OCCCCCCCCCC)c2)COC(=O)c2cc(OCCCCCCCCCC)cc(OCCCCCCCCCC)c2)c1. The van der Waals surface area contributed by atoms with Crippen LogP contribution in [-0.4, -0.2) is 103 Å². The smallest absolute Gasteiger partial charge is 0.338 e. The molecule has 4 aromatic carbocycles. The predicted octanol–water partition coefficient (Wildman–Crippen LogP) is 33.6. The minimum atomic E-state index is -1.79. The molecular weight excluding hydrogens is 1610 g/mol. The number of hydrogen-bond acceptors (Lipinski definition) is 16. The fourth-order valence-corrected chi connectivity index (χ4v) is 16.3. The maximum Gasteiger partial charge on any atom is 0.338 e. The van der Waals surface area contributed by atoms with Crippen LogP contribution in [0.25, 0.3) is 0 Å². The van der Waals surface area contributed by atoms with E-state index in [-0.39, 0.29) is 22.3 Å². The highest BCUT2D eigenvalue weighted by Crippen LogP contribution is 2.34. The van der Waals surface area contributed by atoms with Crippen LogP contribution in [0.1, 0.15) is 508 Å². The third kappa shape index (κ3) is 60.1. The van der Waals surface area contributed by atoms with Gasteiger partial charge in [-0.25, -0.2) is 19.2 Å². The van der Waals surface area contributed by atoms with E-state index in [4.69, 9.17) is 56.8 Å². The summed E-state index contributed by atoms with van der Waals surface area (Å²) in [4.78, 5) is 61.6. The topological polar surface area (TPSA) is 179 Å². The van der Waals surface area contributed by atoms with Crippen LogP contribution in [-0.2, 0) is 18.9 Å². The number of carbonyl (C=O) groups is 4. The minimum absolute atomic E-state index is 0.157. The molecule has 16 nitrogen and oxygen atoms in total. The Morgan fingerprint density at radius 2 is 0.271 bits per heavy atom. The lowest BCUT2D eigenvalue weighted by Gasteiger charge is -2.31. The zero-order valence-electron chi connectivity index (χ0n) is 83.7. The van der Waals surface area contributed by atoms with Crippen LogP contribution in [0, 0.1) is 5.41 Å². The molecule has 16 heteroatoms. The third-order valence-electron chi connectivity index (χ3n) is 24.6. The summed E-state index contributed by atoms with van der Waals surface area (Å²) in [5, 5.41) is 0. The normalized spacial score (nSPS) is 11.4. The molecule has 0 aliphatic rings. The molecule has 0 radical (unpaired) electrons. The van der Waals surface area contributed by atoms with Crippen molar-refractivity contribution in [1.29, 1.82) is 0 Å². The summed E-state index contributed by atoms with van der Waals surface area (Å²) in [6.07, 6.45) is 72.8. The molecular formula is C113H188O16. The number of carbonyl (C=O) groups excluding carboxylic acids is 4. The van der Waals surface area contributed by atoms with Gasteiger partial charge in [-0.3, -0.25) is 0 Å². The van der Waals surface area contributed by atoms with Crippen LogP contribution < -0.4 is 37.9 Å². The Balaban J connectivity index is 1.92. The summed E-state index contributed by atoms with van der Waals surface area (Å²) in [6.45, 7) is 19.2. The van der Waals surface area contributed by atoms with Gasteiger partial charge in [0.2, 0.25) is 0 Å². The molecule has 0 amide bonds. The lowest BCUT2D eigenvalue weighted by molar-refractivity contribution is -0.0642. The Labute approximate surface area is 787 Å². The van der Waals surface area contributed by atoms with Gasteiger partial charge >= 0.3 is 23.9 Å². The van der Waals surface area contributed by atoms with Crippen molar-refractivity contribution in [1.82, 2.24) is 0 Å². The molecule has 0 bridgehead atoms. The van der Waals surface area contributed by atoms with E-state index in [0.29, 0.717) is 98.9 Å². The minimum Gasteiger partial charge on any atom is -0.493 e. The molecule has 0 N–H and O–H groups in total. The quantitative estimate of drug-likeness (QED) is 0.0231. The molecule has 129 heavy (non-hydrogen) atoms. The summed E-state index contributed by atoms with van der Waals surface area (Å²) in [7, 11) is 0. The van der Waals surface area contributed by atoms with Gasteiger partial charge in [0.25, 0.3) is 0 Å². The van der Waals surface area contributed by atoms with Crippen molar-refractivity contribution in [2.45, 2.75) is 466 Å². The van der Waals surface area contributed by atoms with Crippen LogP contribution in [0.3, 0.4) is 0 Å². The Morgan fingerprint density at radius 1 is 0.163 bits per heavy atom. The Kier molecular flexibility index (Phi) is 71.7. The highest BCUT2D eigenvalue weighted by Gasteiger charge is 2.39. The van der Waals surface area contributed by atoms with Gasteiger partial charge in [-0.2, -0.15) is 0 Å². The van der Waals surface area contributed by atoms with Gasteiger partial charge < -0.3 is 56.8 Å². The van der Waals surface area contributed by atoms with Crippen LogP contribution in [0.15, 0.2) is 72.8 Å². The fraction of sp³-hybridized carbons (Fsp3) is 0.752. The van der Waals surface area contributed by atoms with Crippen LogP contribution >= 0.6 is 0 Å². The van der Waals surface area contributed by atoms with Gasteiger partial charge in [0.05, 0.1) is 75.1 Å². The molecule has 736 valence electrons. The van der Waals surface area contributed by atoms with Crippen LogP contribution in [0.4, 0.5) is 0 Å². The van der Waals surface area contributed by atoms with E-state index < -0.39 is 55.7 Å². The number of unbranched alkanes of at least 4 members (excludes halogenated alkanes) is 56. The van der Waals surface area contributed by atoms with E-state index >= 15 is 19.2 Å². The standard InChI is InChI=1S/C113H188O16/c1-9-17-25-33-41-49-57-65-73-118-101-81-97(82-102(89-101)119-74-66-58-50-42-34-26-18-10-2)109(114)126-93-113(94-127-110(115)98-83-103(120-75-67-59-51-43-35-27-19-11-3)90-104(84-98)121-76-68-60-52-44-36-28-20-12-4,95-128-111(116)99-85-105(122-77-69-61-53-45-37-29-21-13-5)91-106(86-99)123-78-70-62-54-46-38-30-22-14-6)96-129-112(117)100-87-107(124-79-71-63-55-47-39-31-23-15-7)92-108(88-100)125-80-72-64-56-48-40-32-24-16-8/h81-92H,9-80,93-96H2,1-8H3. The average molecular weight is 1800 g/mol. The van der Waals surface area contributed by atoms with E-state index in [0.717, 1.165) is 154 Å². The number of ether oxygens (including phenoxy) is 12. The molecule has 0 unspecified atom stereocenters. The van der Waals surface area contributed by atoms with Gasteiger partial charge in [-0.15, -0.1) is 0 Å². The molecule has 4 aromatic rings. The van der Waals surface area contributed by atoms with E-state index in [1.165, 1.54) is 257 Å². The zero-order valence-corrected chi connectivity index (χ0v) is 83.7. The molecule has 0 fully saturated rings. The summed E-state index contributed by atoms with van der Waals surface area (Å²) >= 11 is 0. The van der Waals surface area contributed by atoms with Gasteiger partial charge in [-0.1, -0.05) is 415 Å². The Morgan fingerprint density at radius 3 is 0.388 bits per heavy atom. The van der Waals surface area contributed by atoms with E-state index in [9.17, 15) is 0 Å². The second-order valence-electron chi connectivity index (χ2n) is 37.2. The summed E-state index contributed by atoms with van der Waals surface area (Å²) < 4.78 is 78.2. The van der Waals surface area contributed by atoms with Gasteiger partial charge in [0.15, 0.2) is 0 Å². The van der Waals surface area contributed by atoms with Crippen molar-refractivity contribution >= 4 is 23.9 Å². The van der Waals surface area contributed by atoms with E-state index in [2.05, 4.69) is 55.4 Å². The lowest BCUT2D eigenvalue weighted by Crippen LogP contribution is -2.44. The molecule has 0 aliphatic heterocycles. The Hall–Kier alpha value is -6.84. The van der Waals surface area contributed by atoms with Crippen molar-refractivity contribution < 1.29 is 76.0 Å².